The van der Waals surface area contributed by atoms with Gasteiger partial charge in [-0.25, -0.2) is 10.9 Å². The molecule has 7 nitrogen and oxygen atoms in total. The SMILES string of the molecule is CN1CNNC1CC1(C2CCCC(N3CC4C(CC(CC5CCCO5)CC4C(F)(F)F)C3=O)C2)COC1. The van der Waals surface area contributed by atoms with Gasteiger partial charge in [0.1, 0.15) is 0 Å². The van der Waals surface area contributed by atoms with Gasteiger partial charge in [0.25, 0.3) is 0 Å². The zero-order valence-corrected chi connectivity index (χ0v) is 22.0. The van der Waals surface area contributed by atoms with E-state index in [1.807, 2.05) is 4.90 Å². The summed E-state index contributed by atoms with van der Waals surface area (Å²) in [5, 5.41) is 0. The largest absolute Gasteiger partial charge is 0.392 e. The molecule has 4 aliphatic heterocycles. The van der Waals surface area contributed by atoms with Crippen LogP contribution in [0.3, 0.4) is 0 Å². The Morgan fingerprint density at radius 1 is 1.11 bits per heavy atom. The summed E-state index contributed by atoms with van der Waals surface area (Å²) in [4.78, 5) is 17.9. The minimum Gasteiger partial charge on any atom is -0.380 e. The molecule has 0 aromatic rings. The van der Waals surface area contributed by atoms with Crippen LogP contribution in [0.15, 0.2) is 0 Å². The van der Waals surface area contributed by atoms with Crippen LogP contribution >= 0.6 is 0 Å². The second-order valence-electron chi connectivity index (χ2n) is 12.9. The van der Waals surface area contributed by atoms with Gasteiger partial charge in [0.05, 0.1) is 38.1 Å². The van der Waals surface area contributed by atoms with Crippen molar-refractivity contribution in [1.82, 2.24) is 20.7 Å². The predicted octanol–water partition coefficient (Wildman–Crippen LogP) is 3.51. The fourth-order valence-electron chi connectivity index (χ4n) is 8.60. The Morgan fingerprint density at radius 2 is 1.95 bits per heavy atom. The molecule has 0 radical (unpaired) electrons. The van der Waals surface area contributed by atoms with E-state index < -0.39 is 23.9 Å². The molecule has 10 heteroatoms. The van der Waals surface area contributed by atoms with Gasteiger partial charge in [-0.3, -0.25) is 9.69 Å². The lowest BCUT2D eigenvalue weighted by Crippen LogP contribution is -2.56. The number of amides is 1. The van der Waals surface area contributed by atoms with Crippen molar-refractivity contribution in [2.75, 3.05) is 40.1 Å². The summed E-state index contributed by atoms with van der Waals surface area (Å²) < 4.78 is 54.3. The summed E-state index contributed by atoms with van der Waals surface area (Å²) in [6.45, 7) is 3.25. The van der Waals surface area contributed by atoms with Crippen LogP contribution in [-0.4, -0.2) is 80.3 Å². The number of hydrogen-bond acceptors (Lipinski definition) is 6. The highest BCUT2D eigenvalue weighted by molar-refractivity contribution is 5.82. The maximum Gasteiger partial charge on any atom is 0.392 e. The van der Waals surface area contributed by atoms with E-state index in [4.69, 9.17) is 9.47 Å². The van der Waals surface area contributed by atoms with Gasteiger partial charge in [-0.2, -0.15) is 13.2 Å². The molecule has 37 heavy (non-hydrogen) atoms. The van der Waals surface area contributed by atoms with Crippen molar-refractivity contribution in [3.8, 4) is 0 Å². The Balaban J connectivity index is 1.15. The number of carbonyl (C=O) groups is 1. The van der Waals surface area contributed by atoms with Crippen LogP contribution < -0.4 is 10.9 Å². The van der Waals surface area contributed by atoms with Gasteiger partial charge in [-0.15, -0.1) is 0 Å². The number of ether oxygens (including phenoxy) is 2. The smallest absolute Gasteiger partial charge is 0.380 e. The standard InChI is InChI=1S/C27H43F3N4O3/c1-33-16-31-32-24(33)12-26(14-36-15-26)18-4-2-5-19(11-18)34-13-22-21(25(34)35)9-17(8-20-6-3-7-37-20)10-23(22)27(28,29)30/h17-24,31-32H,2-16H2,1H3. The van der Waals surface area contributed by atoms with Crippen LogP contribution in [0.5, 0.6) is 0 Å². The van der Waals surface area contributed by atoms with Crippen LogP contribution in [0.4, 0.5) is 13.2 Å². The molecule has 1 amide bonds. The summed E-state index contributed by atoms with van der Waals surface area (Å²) in [5.41, 5.74) is 6.65. The summed E-state index contributed by atoms with van der Waals surface area (Å²) in [6.07, 6.45) is 4.25. The van der Waals surface area contributed by atoms with Crippen molar-refractivity contribution in [3.63, 3.8) is 0 Å². The van der Waals surface area contributed by atoms with Crippen LogP contribution in [-0.2, 0) is 14.3 Å². The predicted molar refractivity (Wildman–Crippen MR) is 131 cm³/mol. The van der Waals surface area contributed by atoms with E-state index in [1.54, 1.807) is 0 Å². The Kier molecular flexibility index (Phi) is 7.27. The van der Waals surface area contributed by atoms with Crippen molar-refractivity contribution in [2.45, 2.75) is 88.7 Å². The number of rotatable bonds is 6. The maximum absolute atomic E-state index is 14.3. The van der Waals surface area contributed by atoms with Gasteiger partial charge in [0.15, 0.2) is 0 Å². The van der Waals surface area contributed by atoms with Crippen molar-refractivity contribution in [3.05, 3.63) is 0 Å². The highest BCUT2D eigenvalue weighted by atomic mass is 19.4. The number of nitrogens with one attached hydrogen (secondary N) is 2. The summed E-state index contributed by atoms with van der Waals surface area (Å²) in [6, 6.07) is 0.0483. The first kappa shape index (κ1) is 26.3. The van der Waals surface area contributed by atoms with Crippen molar-refractivity contribution in [2.24, 2.45) is 35.0 Å². The van der Waals surface area contributed by atoms with Gasteiger partial charge in [-0.05, 0) is 82.6 Å². The highest BCUT2D eigenvalue weighted by Crippen LogP contribution is 2.53. The second-order valence-corrected chi connectivity index (χ2v) is 12.9. The molecule has 6 fully saturated rings. The lowest BCUT2D eigenvalue weighted by molar-refractivity contribution is -0.204. The molecule has 4 saturated heterocycles. The normalized spacial score (nSPS) is 42.7. The minimum atomic E-state index is -4.26. The molecule has 0 aromatic carbocycles. The number of carbonyl (C=O) groups excluding carboxylic acids is 1. The van der Waals surface area contributed by atoms with Crippen molar-refractivity contribution < 1.29 is 27.4 Å². The number of halogens is 3. The Bertz CT molecular complexity index is 834. The van der Waals surface area contributed by atoms with Crippen LogP contribution in [0.1, 0.15) is 64.2 Å². The third-order valence-electron chi connectivity index (χ3n) is 10.7. The van der Waals surface area contributed by atoms with Crippen LogP contribution in [0.2, 0.25) is 0 Å². The van der Waals surface area contributed by atoms with E-state index in [9.17, 15) is 18.0 Å². The first-order chi connectivity index (χ1) is 17.7. The fourth-order valence-corrected chi connectivity index (χ4v) is 8.60. The number of hydrogen-bond donors (Lipinski definition) is 2. The monoisotopic (exact) mass is 528 g/mol. The topological polar surface area (TPSA) is 66.1 Å². The summed E-state index contributed by atoms with van der Waals surface area (Å²) >= 11 is 0. The van der Waals surface area contributed by atoms with E-state index in [1.165, 1.54) is 0 Å². The van der Waals surface area contributed by atoms with Crippen molar-refractivity contribution in [1.29, 1.82) is 0 Å². The van der Waals surface area contributed by atoms with Gasteiger partial charge < -0.3 is 14.4 Å². The molecule has 8 atom stereocenters. The molecule has 6 rings (SSSR count). The molecule has 0 spiro atoms. The molecule has 2 aliphatic carbocycles. The summed E-state index contributed by atoms with van der Waals surface area (Å²) in [5.74, 6) is -2.14. The number of alkyl halides is 3. The molecule has 0 bridgehead atoms. The van der Waals surface area contributed by atoms with Gasteiger partial charge in [0, 0.05) is 30.5 Å². The molecular formula is C27H43F3N4O3. The van der Waals surface area contributed by atoms with E-state index in [-0.39, 0.29) is 48.5 Å². The lowest BCUT2D eigenvalue weighted by atomic mass is 9.64. The van der Waals surface area contributed by atoms with Crippen LogP contribution in [0, 0.1) is 35.0 Å². The molecule has 2 saturated carbocycles. The van der Waals surface area contributed by atoms with Gasteiger partial charge in [0.2, 0.25) is 5.91 Å². The Morgan fingerprint density at radius 3 is 2.59 bits per heavy atom. The molecular weight excluding hydrogens is 485 g/mol. The molecule has 2 N–H and O–H groups in total. The fraction of sp³-hybridized carbons (Fsp3) is 0.963. The first-order valence-electron chi connectivity index (χ1n) is 14.5. The second kappa shape index (κ2) is 10.2. The third kappa shape index (κ3) is 5.06. The molecule has 210 valence electrons. The van der Waals surface area contributed by atoms with Gasteiger partial charge in [-0.1, -0.05) is 6.42 Å². The van der Waals surface area contributed by atoms with E-state index in [0.29, 0.717) is 25.4 Å². The number of likely N-dealkylation sites (tertiary alicyclic amines) is 1. The molecule has 4 heterocycles. The van der Waals surface area contributed by atoms with Gasteiger partial charge >= 0.3 is 6.18 Å². The highest BCUT2D eigenvalue weighted by Gasteiger charge is 2.58. The summed E-state index contributed by atoms with van der Waals surface area (Å²) in [7, 11) is 2.10. The minimum absolute atomic E-state index is 0.0118. The average molecular weight is 529 g/mol. The first-order valence-corrected chi connectivity index (χ1v) is 14.5. The number of fused-ring (bicyclic) bond motifs is 1. The Labute approximate surface area is 218 Å². The Hall–Kier alpha value is -0.940. The van der Waals surface area contributed by atoms with E-state index in [2.05, 4.69) is 22.8 Å². The lowest BCUT2D eigenvalue weighted by Gasteiger charge is -2.52. The maximum atomic E-state index is 14.3. The molecule has 0 aromatic heterocycles. The molecule has 6 aliphatic rings. The average Bonchev–Trinajstić information content (AvgIpc) is 3.57. The van der Waals surface area contributed by atoms with Crippen molar-refractivity contribution >= 4 is 5.91 Å². The molecule has 8 unspecified atom stereocenters. The van der Waals surface area contributed by atoms with E-state index >= 15 is 0 Å². The number of hydrazine groups is 1. The zero-order chi connectivity index (χ0) is 25.8. The number of nitrogens with zero attached hydrogens (tertiary/aromatic N) is 2. The quantitative estimate of drug-likeness (QED) is 0.550. The zero-order valence-electron chi connectivity index (χ0n) is 22.0. The third-order valence-corrected chi connectivity index (χ3v) is 10.7. The van der Waals surface area contributed by atoms with Crippen LogP contribution in [0.25, 0.3) is 0 Å². The van der Waals surface area contributed by atoms with E-state index in [0.717, 1.165) is 64.8 Å².